The van der Waals surface area contributed by atoms with E-state index in [1.807, 2.05) is 0 Å². The Morgan fingerprint density at radius 3 is 2.21 bits per heavy atom. The molecule has 0 spiro atoms. The van der Waals surface area contributed by atoms with E-state index < -0.39 is 18.0 Å². The minimum Gasteiger partial charge on any atom is -0.375 e. The van der Waals surface area contributed by atoms with Crippen LogP contribution < -0.4 is 5.32 Å². The average Bonchev–Trinajstić information content (AvgIpc) is 1.75. The predicted molar refractivity (Wildman–Crippen MR) is 47.1 cm³/mol. The first-order valence-electron chi connectivity index (χ1n) is 4.68. The molecule has 0 aliphatic carbocycles. The van der Waals surface area contributed by atoms with Crippen molar-refractivity contribution in [3.05, 3.63) is 0 Å². The maximum atomic E-state index is 12.1. The van der Waals surface area contributed by atoms with Crippen LogP contribution in [0.4, 0.5) is 13.2 Å². The summed E-state index contributed by atoms with van der Waals surface area (Å²) in [6.45, 7) is 4.82. The summed E-state index contributed by atoms with van der Waals surface area (Å²) in [6, 6.07) is 0. The molecular formula is C9H16F3NO. The molecule has 1 aliphatic heterocycles. The fraction of sp³-hybridized carbons (Fsp3) is 1.00. The van der Waals surface area contributed by atoms with Crippen molar-refractivity contribution in [2.24, 2.45) is 5.41 Å². The van der Waals surface area contributed by atoms with Gasteiger partial charge in [-0.15, -0.1) is 0 Å². The fourth-order valence-corrected chi connectivity index (χ4v) is 1.32. The van der Waals surface area contributed by atoms with Crippen molar-refractivity contribution in [2.75, 3.05) is 19.7 Å². The Kier molecular flexibility index (Phi) is 3.42. The summed E-state index contributed by atoms with van der Waals surface area (Å²) < 4.78 is 41.6. The van der Waals surface area contributed by atoms with Gasteiger partial charge in [-0.05, 0) is 5.41 Å². The summed E-state index contributed by atoms with van der Waals surface area (Å²) in [5.74, 6) is 0. The van der Waals surface area contributed by atoms with Crippen LogP contribution in [0.2, 0.25) is 0 Å². The molecule has 84 valence electrons. The van der Waals surface area contributed by atoms with Crippen molar-refractivity contribution in [1.82, 2.24) is 5.32 Å². The standard InChI is InChI=1S/C9H16F3NO/c1-8(2,5-9(10,11)12)6-14-7-3-13-4-7/h7,13H,3-6H2,1-2H3. The van der Waals surface area contributed by atoms with Gasteiger partial charge in [0.25, 0.3) is 0 Å². The Morgan fingerprint density at radius 1 is 1.29 bits per heavy atom. The largest absolute Gasteiger partial charge is 0.389 e. The molecule has 1 heterocycles. The monoisotopic (exact) mass is 211 g/mol. The first-order chi connectivity index (χ1) is 6.29. The highest BCUT2D eigenvalue weighted by molar-refractivity contribution is 4.78. The van der Waals surface area contributed by atoms with Gasteiger partial charge in [0.1, 0.15) is 0 Å². The Labute approximate surface area is 81.8 Å². The molecule has 1 rings (SSSR count). The van der Waals surface area contributed by atoms with Crippen molar-refractivity contribution in [2.45, 2.75) is 32.5 Å². The minimum absolute atomic E-state index is 0.0995. The van der Waals surface area contributed by atoms with Crippen molar-refractivity contribution in [3.63, 3.8) is 0 Å². The molecule has 0 aromatic carbocycles. The lowest BCUT2D eigenvalue weighted by Crippen LogP contribution is -2.49. The molecule has 0 bridgehead atoms. The Bertz CT molecular complexity index is 187. The second-order valence-electron chi connectivity index (χ2n) is 4.55. The molecule has 0 saturated carbocycles. The van der Waals surface area contributed by atoms with E-state index in [9.17, 15) is 13.2 Å². The van der Waals surface area contributed by atoms with E-state index in [1.54, 1.807) is 13.8 Å². The molecule has 0 atom stereocenters. The van der Waals surface area contributed by atoms with Crippen molar-refractivity contribution >= 4 is 0 Å². The summed E-state index contributed by atoms with van der Waals surface area (Å²) in [5.41, 5.74) is -0.826. The highest BCUT2D eigenvalue weighted by atomic mass is 19.4. The van der Waals surface area contributed by atoms with Crippen LogP contribution in [0.3, 0.4) is 0 Å². The normalized spacial score (nSPS) is 19.5. The third-order valence-electron chi connectivity index (χ3n) is 2.13. The second-order valence-corrected chi connectivity index (χ2v) is 4.55. The van der Waals surface area contributed by atoms with E-state index in [1.165, 1.54) is 0 Å². The van der Waals surface area contributed by atoms with Gasteiger partial charge in [0.05, 0.1) is 19.1 Å². The van der Waals surface area contributed by atoms with Crippen molar-refractivity contribution in [1.29, 1.82) is 0 Å². The second kappa shape index (κ2) is 4.06. The summed E-state index contributed by atoms with van der Waals surface area (Å²) in [7, 11) is 0. The lowest BCUT2D eigenvalue weighted by molar-refractivity contribution is -0.165. The Balaban J connectivity index is 2.25. The average molecular weight is 211 g/mol. The number of hydrogen-bond donors (Lipinski definition) is 1. The van der Waals surface area contributed by atoms with E-state index in [-0.39, 0.29) is 12.7 Å². The van der Waals surface area contributed by atoms with Gasteiger partial charge in [-0.1, -0.05) is 13.8 Å². The maximum Gasteiger partial charge on any atom is 0.389 e. The topological polar surface area (TPSA) is 21.3 Å². The highest BCUT2D eigenvalue weighted by Gasteiger charge is 2.37. The fourth-order valence-electron chi connectivity index (χ4n) is 1.32. The zero-order chi connectivity index (χ0) is 10.8. The summed E-state index contributed by atoms with van der Waals surface area (Å²) in [4.78, 5) is 0. The number of nitrogens with one attached hydrogen (secondary N) is 1. The number of hydrogen-bond acceptors (Lipinski definition) is 2. The van der Waals surface area contributed by atoms with Crippen LogP contribution in [0.1, 0.15) is 20.3 Å². The van der Waals surface area contributed by atoms with Crippen molar-refractivity contribution in [3.8, 4) is 0 Å². The molecular weight excluding hydrogens is 195 g/mol. The van der Waals surface area contributed by atoms with Crippen LogP contribution in [0.5, 0.6) is 0 Å². The van der Waals surface area contributed by atoms with E-state index in [0.29, 0.717) is 0 Å². The number of ether oxygens (including phenoxy) is 1. The molecule has 0 amide bonds. The van der Waals surface area contributed by atoms with Crippen LogP contribution in [0.15, 0.2) is 0 Å². The van der Waals surface area contributed by atoms with E-state index >= 15 is 0 Å². The maximum absolute atomic E-state index is 12.1. The zero-order valence-electron chi connectivity index (χ0n) is 8.45. The van der Waals surface area contributed by atoms with Gasteiger partial charge >= 0.3 is 6.18 Å². The van der Waals surface area contributed by atoms with Gasteiger partial charge in [0, 0.05) is 13.1 Å². The predicted octanol–water partition coefficient (Wildman–Crippen LogP) is 1.95. The lowest BCUT2D eigenvalue weighted by Gasteiger charge is -2.32. The number of rotatable bonds is 4. The third kappa shape index (κ3) is 4.28. The molecule has 0 radical (unpaired) electrons. The number of alkyl halides is 3. The Hall–Kier alpha value is -0.290. The van der Waals surface area contributed by atoms with Crippen molar-refractivity contribution < 1.29 is 17.9 Å². The molecule has 1 saturated heterocycles. The zero-order valence-corrected chi connectivity index (χ0v) is 8.45. The minimum atomic E-state index is -4.11. The number of halogens is 3. The first-order valence-corrected chi connectivity index (χ1v) is 4.68. The van der Waals surface area contributed by atoms with Crippen LogP contribution in [0.25, 0.3) is 0 Å². The van der Waals surface area contributed by atoms with Gasteiger partial charge in [-0.3, -0.25) is 0 Å². The van der Waals surface area contributed by atoms with E-state index in [2.05, 4.69) is 5.32 Å². The van der Waals surface area contributed by atoms with E-state index in [0.717, 1.165) is 13.1 Å². The highest BCUT2D eigenvalue weighted by Crippen LogP contribution is 2.33. The van der Waals surface area contributed by atoms with Gasteiger partial charge in [-0.25, -0.2) is 0 Å². The summed E-state index contributed by atoms with van der Waals surface area (Å²) in [6.07, 6.45) is -4.80. The molecule has 5 heteroatoms. The molecule has 1 fully saturated rings. The van der Waals surface area contributed by atoms with Crippen LogP contribution in [0, 0.1) is 5.41 Å². The molecule has 0 aromatic rings. The first kappa shape index (κ1) is 11.8. The molecule has 0 unspecified atom stereocenters. The van der Waals surface area contributed by atoms with Crippen LogP contribution in [-0.4, -0.2) is 32.0 Å². The lowest BCUT2D eigenvalue weighted by atomic mass is 9.90. The van der Waals surface area contributed by atoms with Gasteiger partial charge in [0.2, 0.25) is 0 Å². The summed E-state index contributed by atoms with van der Waals surface area (Å²) >= 11 is 0. The van der Waals surface area contributed by atoms with Gasteiger partial charge in [-0.2, -0.15) is 13.2 Å². The van der Waals surface area contributed by atoms with Crippen LogP contribution >= 0.6 is 0 Å². The summed E-state index contributed by atoms with van der Waals surface area (Å²) in [5, 5.41) is 3.00. The molecule has 0 aromatic heterocycles. The van der Waals surface area contributed by atoms with Gasteiger partial charge < -0.3 is 10.1 Å². The van der Waals surface area contributed by atoms with Gasteiger partial charge in [0.15, 0.2) is 0 Å². The SMILES string of the molecule is CC(C)(COC1CNC1)CC(F)(F)F. The molecule has 1 N–H and O–H groups in total. The third-order valence-corrected chi connectivity index (χ3v) is 2.13. The van der Waals surface area contributed by atoms with Crippen LogP contribution in [-0.2, 0) is 4.74 Å². The molecule has 14 heavy (non-hydrogen) atoms. The molecule has 1 aliphatic rings. The Morgan fingerprint density at radius 2 is 1.86 bits per heavy atom. The quantitative estimate of drug-likeness (QED) is 0.767. The van der Waals surface area contributed by atoms with E-state index in [4.69, 9.17) is 4.74 Å². The smallest absolute Gasteiger partial charge is 0.375 e. The molecule has 2 nitrogen and oxygen atoms in total.